The predicted molar refractivity (Wildman–Crippen MR) is 68.0 cm³/mol. The van der Waals surface area contributed by atoms with Crippen molar-refractivity contribution >= 4 is 15.9 Å². The summed E-state index contributed by atoms with van der Waals surface area (Å²) >= 11 is 3.34. The van der Waals surface area contributed by atoms with Gasteiger partial charge in [-0.1, -0.05) is 29.3 Å². The second kappa shape index (κ2) is 4.84. The van der Waals surface area contributed by atoms with Gasteiger partial charge < -0.3 is 5.32 Å². The fraction of sp³-hybridized carbons (Fsp3) is 0.538. The lowest BCUT2D eigenvalue weighted by atomic mass is 9.73. The molecule has 0 aromatic heterocycles. The Balaban J connectivity index is 2.12. The maximum absolute atomic E-state index is 13.3. The minimum absolute atomic E-state index is 0.150. The zero-order valence-electron chi connectivity index (χ0n) is 9.52. The smallest absolute Gasteiger partial charge is 0.124 e. The van der Waals surface area contributed by atoms with Crippen molar-refractivity contribution in [1.82, 2.24) is 5.32 Å². The van der Waals surface area contributed by atoms with Gasteiger partial charge >= 0.3 is 0 Å². The van der Waals surface area contributed by atoms with Gasteiger partial charge in [0.25, 0.3) is 0 Å². The van der Waals surface area contributed by atoms with Gasteiger partial charge in [0, 0.05) is 17.6 Å². The van der Waals surface area contributed by atoms with Gasteiger partial charge in [-0.05, 0) is 42.0 Å². The van der Waals surface area contributed by atoms with Crippen LogP contribution in [0.3, 0.4) is 0 Å². The van der Waals surface area contributed by atoms with Crippen LogP contribution in [0.25, 0.3) is 0 Å². The van der Waals surface area contributed by atoms with E-state index < -0.39 is 0 Å². The normalized spacial score (nSPS) is 18.2. The van der Waals surface area contributed by atoms with Crippen LogP contribution in [0.2, 0.25) is 0 Å². The zero-order chi connectivity index (χ0) is 11.6. The number of hydrogen-bond donors (Lipinski definition) is 1. The summed E-state index contributed by atoms with van der Waals surface area (Å²) in [4.78, 5) is 0. The lowest BCUT2D eigenvalue weighted by Crippen LogP contribution is -2.54. The molecular formula is C13H17BrFN. The molecule has 0 bridgehead atoms. The van der Waals surface area contributed by atoms with Crippen LogP contribution >= 0.6 is 15.9 Å². The molecule has 16 heavy (non-hydrogen) atoms. The third-order valence-corrected chi connectivity index (χ3v) is 3.74. The lowest BCUT2D eigenvalue weighted by molar-refractivity contribution is 0.150. The van der Waals surface area contributed by atoms with E-state index in [4.69, 9.17) is 0 Å². The van der Waals surface area contributed by atoms with E-state index in [2.05, 4.69) is 28.2 Å². The number of benzene rings is 1. The Hall–Kier alpha value is -0.410. The topological polar surface area (TPSA) is 12.0 Å². The van der Waals surface area contributed by atoms with Gasteiger partial charge in [-0.25, -0.2) is 4.39 Å². The Kier molecular flexibility index (Phi) is 3.65. The predicted octanol–water partition coefficient (Wildman–Crippen LogP) is 3.52. The number of hydrogen-bond acceptors (Lipinski definition) is 1. The summed E-state index contributed by atoms with van der Waals surface area (Å²) in [7, 11) is 0. The molecular weight excluding hydrogens is 269 g/mol. The van der Waals surface area contributed by atoms with E-state index in [1.807, 2.05) is 6.07 Å². The Morgan fingerprint density at radius 3 is 2.62 bits per heavy atom. The van der Waals surface area contributed by atoms with Gasteiger partial charge in [0.1, 0.15) is 5.82 Å². The molecule has 0 radical (unpaired) electrons. The van der Waals surface area contributed by atoms with Crippen LogP contribution in [0.1, 0.15) is 25.3 Å². The Morgan fingerprint density at radius 2 is 2.12 bits per heavy atom. The fourth-order valence-corrected chi connectivity index (χ4v) is 3.06. The summed E-state index contributed by atoms with van der Waals surface area (Å²) in [5.74, 6) is -0.150. The maximum Gasteiger partial charge on any atom is 0.124 e. The maximum atomic E-state index is 13.3. The van der Waals surface area contributed by atoms with E-state index in [1.165, 1.54) is 18.9 Å². The first-order chi connectivity index (χ1) is 7.63. The largest absolute Gasteiger partial charge is 0.316 e. The van der Waals surface area contributed by atoms with Gasteiger partial charge in [-0.15, -0.1) is 0 Å². The van der Waals surface area contributed by atoms with Gasteiger partial charge in [0.15, 0.2) is 0 Å². The van der Waals surface area contributed by atoms with Crippen LogP contribution in [0.15, 0.2) is 22.7 Å². The fourth-order valence-electron chi connectivity index (χ4n) is 2.55. The molecule has 88 valence electrons. The molecule has 0 unspecified atom stereocenters. The van der Waals surface area contributed by atoms with Crippen LogP contribution in [0, 0.1) is 11.2 Å². The summed E-state index contributed by atoms with van der Waals surface area (Å²) in [6.07, 6.45) is 3.39. The third-order valence-electron chi connectivity index (χ3n) is 3.28. The van der Waals surface area contributed by atoms with E-state index in [9.17, 15) is 4.39 Å². The van der Waals surface area contributed by atoms with Gasteiger partial charge in [0.2, 0.25) is 0 Å². The van der Waals surface area contributed by atoms with Crippen molar-refractivity contribution in [2.24, 2.45) is 5.41 Å². The minimum Gasteiger partial charge on any atom is -0.316 e. The molecule has 0 aliphatic carbocycles. The molecule has 0 spiro atoms. The van der Waals surface area contributed by atoms with Crippen molar-refractivity contribution in [2.75, 3.05) is 13.1 Å². The Bertz CT molecular complexity index is 354. The van der Waals surface area contributed by atoms with Crippen molar-refractivity contribution in [3.63, 3.8) is 0 Å². The van der Waals surface area contributed by atoms with E-state index >= 15 is 0 Å². The summed E-state index contributed by atoms with van der Waals surface area (Å²) in [6.45, 7) is 4.34. The highest BCUT2D eigenvalue weighted by atomic mass is 79.9. The Morgan fingerprint density at radius 1 is 1.38 bits per heavy atom. The summed E-state index contributed by atoms with van der Waals surface area (Å²) in [6, 6.07) is 5.19. The molecule has 0 amide bonds. The van der Waals surface area contributed by atoms with Crippen molar-refractivity contribution in [3.05, 3.63) is 34.1 Å². The molecule has 1 aliphatic rings. The number of halogens is 2. The Labute approximate surface area is 105 Å². The minimum atomic E-state index is -0.150. The SMILES string of the molecule is CCCC1(Cc2cc(F)cc(Br)c2)CNC1. The highest BCUT2D eigenvalue weighted by molar-refractivity contribution is 9.10. The van der Waals surface area contributed by atoms with E-state index in [-0.39, 0.29) is 5.82 Å². The number of nitrogens with one attached hydrogen (secondary N) is 1. The van der Waals surface area contributed by atoms with Crippen molar-refractivity contribution in [1.29, 1.82) is 0 Å². The van der Waals surface area contributed by atoms with Gasteiger partial charge in [0.05, 0.1) is 0 Å². The highest BCUT2D eigenvalue weighted by Gasteiger charge is 2.35. The van der Waals surface area contributed by atoms with Crippen molar-refractivity contribution < 1.29 is 4.39 Å². The quantitative estimate of drug-likeness (QED) is 0.893. The van der Waals surface area contributed by atoms with Gasteiger partial charge in [-0.2, -0.15) is 0 Å². The van der Waals surface area contributed by atoms with Crippen LogP contribution in [0.5, 0.6) is 0 Å². The highest BCUT2D eigenvalue weighted by Crippen LogP contribution is 2.33. The molecule has 1 fully saturated rings. The molecule has 2 rings (SSSR count). The van der Waals surface area contributed by atoms with E-state index in [1.54, 1.807) is 6.07 Å². The summed E-state index contributed by atoms with van der Waals surface area (Å²) in [5, 5.41) is 3.33. The second-order valence-corrected chi connectivity index (χ2v) is 5.72. The lowest BCUT2D eigenvalue weighted by Gasteiger charge is -2.43. The molecule has 1 aromatic rings. The molecule has 0 atom stereocenters. The third kappa shape index (κ3) is 2.64. The van der Waals surface area contributed by atoms with Crippen molar-refractivity contribution in [2.45, 2.75) is 26.2 Å². The molecule has 1 nitrogen and oxygen atoms in total. The van der Waals surface area contributed by atoms with Crippen LogP contribution < -0.4 is 5.32 Å². The molecule has 3 heteroatoms. The first-order valence-corrected chi connectivity index (χ1v) is 6.58. The average Bonchev–Trinajstić information content (AvgIpc) is 2.13. The van der Waals surface area contributed by atoms with Crippen LogP contribution in [-0.4, -0.2) is 13.1 Å². The standard InChI is InChI=1S/C13H17BrFN/c1-2-3-13(8-16-9-13)7-10-4-11(14)6-12(15)5-10/h4-6,16H,2-3,7-9H2,1H3. The molecule has 1 aliphatic heterocycles. The van der Waals surface area contributed by atoms with Crippen LogP contribution in [-0.2, 0) is 6.42 Å². The molecule has 1 heterocycles. The van der Waals surface area contributed by atoms with Crippen LogP contribution in [0.4, 0.5) is 4.39 Å². The first kappa shape index (κ1) is 12.1. The molecule has 1 saturated heterocycles. The molecule has 1 aromatic carbocycles. The van der Waals surface area contributed by atoms with E-state index in [0.29, 0.717) is 5.41 Å². The second-order valence-electron chi connectivity index (χ2n) is 4.81. The monoisotopic (exact) mass is 285 g/mol. The average molecular weight is 286 g/mol. The first-order valence-electron chi connectivity index (χ1n) is 5.79. The van der Waals surface area contributed by atoms with E-state index in [0.717, 1.165) is 29.5 Å². The molecule has 0 saturated carbocycles. The summed E-state index contributed by atoms with van der Waals surface area (Å²) in [5.41, 5.74) is 1.46. The summed E-state index contributed by atoms with van der Waals surface area (Å²) < 4.78 is 14.1. The number of rotatable bonds is 4. The van der Waals surface area contributed by atoms with Crippen molar-refractivity contribution in [3.8, 4) is 0 Å². The van der Waals surface area contributed by atoms with Gasteiger partial charge in [-0.3, -0.25) is 0 Å². The zero-order valence-corrected chi connectivity index (χ0v) is 11.1. The molecule has 1 N–H and O–H groups in total.